The summed E-state index contributed by atoms with van der Waals surface area (Å²) in [5, 5.41) is 27.8. The molecule has 1 heterocycles. The van der Waals surface area contributed by atoms with Gasteiger partial charge in [-0.1, -0.05) is 0 Å². The quantitative estimate of drug-likeness (QED) is 0.595. The molecule has 0 aliphatic carbocycles. The molecule has 6 nitrogen and oxygen atoms in total. The first-order valence-corrected chi connectivity index (χ1v) is 3.54. The van der Waals surface area contributed by atoms with Crippen molar-refractivity contribution in [1.82, 2.24) is 4.98 Å². The number of nitrogens with zero attached hydrogens (tertiary/aromatic N) is 3. The van der Waals surface area contributed by atoms with Crippen LogP contribution >= 0.6 is 0 Å². The van der Waals surface area contributed by atoms with E-state index in [4.69, 9.17) is 10.4 Å². The van der Waals surface area contributed by atoms with Crippen molar-refractivity contribution in [2.45, 2.75) is 6.43 Å². The first-order chi connectivity index (χ1) is 6.97. The van der Waals surface area contributed by atoms with Crippen LogP contribution in [0.5, 0.6) is 5.75 Å². The molecule has 1 aromatic heterocycles. The fourth-order valence-electron chi connectivity index (χ4n) is 0.875. The Bertz CT molecular complexity index is 456. The minimum absolute atomic E-state index is 0.605. The Hall–Kier alpha value is -2.30. The van der Waals surface area contributed by atoms with E-state index in [1.807, 2.05) is 0 Å². The molecule has 0 bridgehead atoms. The molecular formula is C7H3F2N3O3. The fourth-order valence-corrected chi connectivity index (χ4v) is 0.875. The zero-order valence-electron chi connectivity index (χ0n) is 7.02. The van der Waals surface area contributed by atoms with Crippen molar-refractivity contribution in [1.29, 1.82) is 5.26 Å². The second-order valence-electron chi connectivity index (χ2n) is 2.43. The first kappa shape index (κ1) is 10.8. The van der Waals surface area contributed by atoms with Gasteiger partial charge in [0, 0.05) is 0 Å². The lowest BCUT2D eigenvalue weighted by atomic mass is 10.2. The van der Waals surface area contributed by atoms with E-state index in [2.05, 4.69) is 4.98 Å². The molecule has 0 radical (unpaired) electrons. The Morgan fingerprint density at radius 3 is 2.67 bits per heavy atom. The summed E-state index contributed by atoms with van der Waals surface area (Å²) in [7, 11) is 0. The van der Waals surface area contributed by atoms with Gasteiger partial charge in [0.2, 0.25) is 0 Å². The first-order valence-electron chi connectivity index (χ1n) is 3.54. The summed E-state index contributed by atoms with van der Waals surface area (Å²) in [4.78, 5) is 12.2. The van der Waals surface area contributed by atoms with Crippen LogP contribution in [0.25, 0.3) is 0 Å². The largest absolute Gasteiger partial charge is 0.503 e. The van der Waals surface area contributed by atoms with Crippen molar-refractivity contribution in [3.05, 3.63) is 27.4 Å². The molecule has 0 amide bonds. The minimum Gasteiger partial charge on any atom is -0.503 e. The Labute approximate surface area is 81.6 Å². The number of rotatable bonds is 2. The van der Waals surface area contributed by atoms with Crippen LogP contribution < -0.4 is 0 Å². The molecular weight excluding hydrogens is 212 g/mol. The molecule has 0 aromatic carbocycles. The van der Waals surface area contributed by atoms with Crippen LogP contribution in [-0.2, 0) is 0 Å². The normalized spacial score (nSPS) is 10.0. The standard InChI is InChI=1S/C7H3F2N3O3/c8-7(9)5-6(13)3(2-10)1-4(11-5)12(14)15/h1,7,13H. The molecule has 0 spiro atoms. The number of nitro groups is 1. The zero-order valence-corrected chi connectivity index (χ0v) is 7.02. The molecule has 0 saturated heterocycles. The molecule has 8 heteroatoms. The lowest BCUT2D eigenvalue weighted by Crippen LogP contribution is -1.99. The van der Waals surface area contributed by atoms with Crippen molar-refractivity contribution >= 4 is 5.82 Å². The van der Waals surface area contributed by atoms with Crippen LogP contribution in [-0.4, -0.2) is 15.0 Å². The highest BCUT2D eigenvalue weighted by molar-refractivity contribution is 5.49. The molecule has 0 saturated carbocycles. The van der Waals surface area contributed by atoms with Crippen LogP contribution in [0.2, 0.25) is 0 Å². The van der Waals surface area contributed by atoms with Crippen LogP contribution in [0, 0.1) is 21.4 Å². The molecule has 0 atom stereocenters. The van der Waals surface area contributed by atoms with Crippen LogP contribution in [0.1, 0.15) is 17.7 Å². The van der Waals surface area contributed by atoms with Crippen molar-refractivity contribution in [3.8, 4) is 11.8 Å². The van der Waals surface area contributed by atoms with Gasteiger partial charge in [0.25, 0.3) is 5.69 Å². The van der Waals surface area contributed by atoms with Crippen molar-refractivity contribution in [3.63, 3.8) is 0 Å². The predicted molar refractivity (Wildman–Crippen MR) is 42.2 cm³/mol. The van der Waals surface area contributed by atoms with Crippen molar-refractivity contribution in [2.75, 3.05) is 0 Å². The summed E-state index contributed by atoms with van der Waals surface area (Å²) >= 11 is 0. The summed E-state index contributed by atoms with van der Waals surface area (Å²) in [5.41, 5.74) is -1.77. The Kier molecular flexibility index (Phi) is 2.75. The zero-order chi connectivity index (χ0) is 11.6. The van der Waals surface area contributed by atoms with Gasteiger partial charge in [0.15, 0.2) is 5.75 Å². The number of hydrogen-bond acceptors (Lipinski definition) is 5. The summed E-state index contributed by atoms with van der Waals surface area (Å²) in [6.45, 7) is 0. The summed E-state index contributed by atoms with van der Waals surface area (Å²) in [6.07, 6.45) is -3.18. The van der Waals surface area contributed by atoms with E-state index >= 15 is 0 Å². The van der Waals surface area contributed by atoms with Gasteiger partial charge in [-0.2, -0.15) is 5.26 Å². The van der Waals surface area contributed by atoms with Gasteiger partial charge >= 0.3 is 12.2 Å². The number of aromatic nitrogens is 1. The minimum atomic E-state index is -3.18. The number of halogens is 2. The average molecular weight is 215 g/mol. The third-order valence-corrected chi connectivity index (χ3v) is 1.52. The lowest BCUT2D eigenvalue weighted by Gasteiger charge is -2.00. The van der Waals surface area contributed by atoms with E-state index in [0.717, 1.165) is 0 Å². The van der Waals surface area contributed by atoms with E-state index < -0.39 is 34.2 Å². The van der Waals surface area contributed by atoms with Crippen molar-refractivity contribution in [2.24, 2.45) is 0 Å². The number of alkyl halides is 2. The van der Waals surface area contributed by atoms with E-state index in [0.29, 0.717) is 6.07 Å². The van der Waals surface area contributed by atoms with Crippen LogP contribution in [0.3, 0.4) is 0 Å². The van der Waals surface area contributed by atoms with Gasteiger partial charge in [-0.3, -0.25) is 0 Å². The Morgan fingerprint density at radius 2 is 2.27 bits per heavy atom. The fraction of sp³-hybridized carbons (Fsp3) is 0.143. The number of aromatic hydroxyl groups is 1. The van der Waals surface area contributed by atoms with Gasteiger partial charge in [0.05, 0.1) is 6.07 Å². The van der Waals surface area contributed by atoms with Gasteiger partial charge in [-0.15, -0.1) is 0 Å². The SMILES string of the molecule is N#Cc1cc([N+](=O)[O-])nc(C(F)F)c1O. The smallest absolute Gasteiger partial charge is 0.365 e. The molecule has 1 rings (SSSR count). The third kappa shape index (κ3) is 1.96. The molecule has 0 aliphatic rings. The highest BCUT2D eigenvalue weighted by Crippen LogP contribution is 2.31. The maximum absolute atomic E-state index is 12.2. The number of pyridine rings is 1. The van der Waals surface area contributed by atoms with E-state index in [1.165, 1.54) is 6.07 Å². The predicted octanol–water partition coefficient (Wildman–Crippen LogP) is 1.50. The monoisotopic (exact) mass is 215 g/mol. The molecule has 0 unspecified atom stereocenters. The molecule has 78 valence electrons. The molecule has 0 fully saturated rings. The van der Waals surface area contributed by atoms with Gasteiger partial charge in [-0.25, -0.2) is 8.78 Å². The second-order valence-corrected chi connectivity index (χ2v) is 2.43. The molecule has 15 heavy (non-hydrogen) atoms. The van der Waals surface area contributed by atoms with Gasteiger partial charge in [-0.05, 0) is 9.91 Å². The van der Waals surface area contributed by atoms with E-state index in [9.17, 15) is 18.9 Å². The molecule has 1 N–H and O–H groups in total. The maximum Gasteiger partial charge on any atom is 0.365 e. The topological polar surface area (TPSA) is 100 Å². The van der Waals surface area contributed by atoms with E-state index in [-0.39, 0.29) is 0 Å². The Morgan fingerprint density at radius 1 is 1.67 bits per heavy atom. The highest BCUT2D eigenvalue weighted by atomic mass is 19.3. The summed E-state index contributed by atoms with van der Waals surface area (Å²) in [6, 6.07) is 1.98. The summed E-state index contributed by atoms with van der Waals surface area (Å²) in [5.74, 6) is -1.93. The Balaban J connectivity index is 3.47. The second kappa shape index (κ2) is 3.83. The number of nitriles is 1. The maximum atomic E-state index is 12.2. The molecule has 1 aromatic rings. The van der Waals surface area contributed by atoms with Gasteiger partial charge < -0.3 is 15.2 Å². The summed E-state index contributed by atoms with van der Waals surface area (Å²) < 4.78 is 24.5. The van der Waals surface area contributed by atoms with Crippen LogP contribution in [0.4, 0.5) is 14.6 Å². The third-order valence-electron chi connectivity index (χ3n) is 1.52. The van der Waals surface area contributed by atoms with E-state index in [1.54, 1.807) is 0 Å². The van der Waals surface area contributed by atoms with Crippen LogP contribution in [0.15, 0.2) is 6.07 Å². The lowest BCUT2D eigenvalue weighted by molar-refractivity contribution is -0.389. The number of hydrogen-bond donors (Lipinski definition) is 1. The van der Waals surface area contributed by atoms with Crippen molar-refractivity contribution < 1.29 is 18.8 Å². The van der Waals surface area contributed by atoms with Gasteiger partial charge in [0.1, 0.15) is 11.6 Å². The average Bonchev–Trinajstić information content (AvgIpc) is 2.17. The highest BCUT2D eigenvalue weighted by Gasteiger charge is 2.27. The molecule has 0 aliphatic heterocycles.